The molecule has 1 amide bonds. The van der Waals surface area contributed by atoms with Crippen LogP contribution in [0.2, 0.25) is 0 Å². The summed E-state index contributed by atoms with van der Waals surface area (Å²) in [5.74, 6) is 1.49. The van der Waals surface area contributed by atoms with E-state index >= 15 is 0 Å². The molecular formula is C16H20N4O2. The number of aromatic amines is 1. The van der Waals surface area contributed by atoms with Gasteiger partial charge in [0.05, 0.1) is 11.4 Å². The van der Waals surface area contributed by atoms with Gasteiger partial charge >= 0.3 is 0 Å². The van der Waals surface area contributed by atoms with Gasteiger partial charge in [0.2, 0.25) is 11.8 Å². The maximum absolute atomic E-state index is 12.5. The van der Waals surface area contributed by atoms with Gasteiger partial charge in [0.15, 0.2) is 0 Å². The summed E-state index contributed by atoms with van der Waals surface area (Å²) in [6.07, 6.45) is 6.59. The summed E-state index contributed by atoms with van der Waals surface area (Å²) in [6.45, 7) is 1.95. The Kier molecular flexibility index (Phi) is 3.24. The number of amides is 1. The maximum Gasteiger partial charge on any atom is 0.234 e. The van der Waals surface area contributed by atoms with E-state index in [1.165, 1.54) is 0 Å². The number of nitrogens with one attached hydrogen (secondary N) is 2. The number of hydrogen-bond donors (Lipinski definition) is 2. The monoisotopic (exact) mass is 300 g/mol. The third kappa shape index (κ3) is 2.32. The lowest BCUT2D eigenvalue weighted by atomic mass is 9.89. The summed E-state index contributed by atoms with van der Waals surface area (Å²) in [5, 5.41) is 7.04. The van der Waals surface area contributed by atoms with Gasteiger partial charge in [0.1, 0.15) is 5.82 Å². The maximum atomic E-state index is 12.5. The molecular weight excluding hydrogens is 280 g/mol. The van der Waals surface area contributed by atoms with Crippen molar-refractivity contribution in [3.63, 3.8) is 0 Å². The van der Waals surface area contributed by atoms with Crippen molar-refractivity contribution in [1.82, 2.24) is 15.1 Å². The molecule has 0 radical (unpaired) electrons. The van der Waals surface area contributed by atoms with Crippen LogP contribution in [-0.4, -0.2) is 21.0 Å². The van der Waals surface area contributed by atoms with Gasteiger partial charge in [-0.15, -0.1) is 0 Å². The topological polar surface area (TPSA) is 83.8 Å². The number of carbonyl (C=O) groups excluding carboxylic acids is 1. The smallest absolute Gasteiger partial charge is 0.234 e. The Morgan fingerprint density at radius 1 is 1.27 bits per heavy atom. The van der Waals surface area contributed by atoms with Crippen molar-refractivity contribution in [2.75, 3.05) is 5.32 Å². The van der Waals surface area contributed by atoms with Crippen molar-refractivity contribution < 1.29 is 9.32 Å². The van der Waals surface area contributed by atoms with E-state index in [1.54, 1.807) is 0 Å². The fourth-order valence-corrected chi connectivity index (χ4v) is 3.55. The van der Waals surface area contributed by atoms with E-state index < -0.39 is 0 Å². The summed E-state index contributed by atoms with van der Waals surface area (Å²) in [4.78, 5) is 20.3. The van der Waals surface area contributed by atoms with Gasteiger partial charge in [0.25, 0.3) is 0 Å². The zero-order chi connectivity index (χ0) is 15.1. The second-order valence-corrected chi connectivity index (χ2v) is 6.32. The molecule has 1 atom stereocenters. The molecule has 2 aromatic heterocycles. The first kappa shape index (κ1) is 13.5. The molecule has 2 aliphatic rings. The van der Waals surface area contributed by atoms with Crippen molar-refractivity contribution >= 4 is 11.8 Å². The number of anilines is 1. The van der Waals surface area contributed by atoms with Crippen LogP contribution in [0.4, 0.5) is 5.88 Å². The van der Waals surface area contributed by atoms with Crippen molar-refractivity contribution in [1.29, 1.82) is 0 Å². The van der Waals surface area contributed by atoms with Gasteiger partial charge < -0.3 is 9.51 Å². The van der Waals surface area contributed by atoms with Crippen LogP contribution in [0.5, 0.6) is 0 Å². The average molecular weight is 300 g/mol. The molecule has 2 aliphatic carbocycles. The number of hydrogen-bond acceptors (Lipinski definition) is 4. The Bertz CT molecular complexity index is 716. The molecule has 116 valence electrons. The van der Waals surface area contributed by atoms with Crippen LogP contribution < -0.4 is 5.32 Å². The van der Waals surface area contributed by atoms with Crippen LogP contribution in [-0.2, 0) is 30.5 Å². The molecule has 2 heterocycles. The number of aryl methyl sites for hydroxylation is 3. The molecule has 4 rings (SSSR count). The number of nitrogens with zero attached hydrogens (tertiary/aromatic N) is 2. The standard InChI is InChI=1S/C16H20N4O2/c1-9-17-13-7-6-10(8-14(13)18-9)15(21)19-16-11-4-2-3-5-12(11)20-22-16/h10H,2-8H2,1H3,(H,17,18)(H,19,21)/t10-/m1/s1. The molecule has 6 nitrogen and oxygen atoms in total. The normalized spacial score (nSPS) is 20.3. The van der Waals surface area contributed by atoms with Crippen molar-refractivity contribution in [3.05, 3.63) is 28.5 Å². The molecule has 0 unspecified atom stereocenters. The largest absolute Gasteiger partial charge is 0.346 e. The number of fused-ring (bicyclic) bond motifs is 2. The minimum atomic E-state index is -0.0308. The Morgan fingerprint density at radius 3 is 3.05 bits per heavy atom. The van der Waals surface area contributed by atoms with Gasteiger partial charge in [-0.25, -0.2) is 4.98 Å². The Hall–Kier alpha value is -2.11. The highest BCUT2D eigenvalue weighted by Gasteiger charge is 2.29. The number of rotatable bonds is 2. The number of carbonyl (C=O) groups is 1. The first-order chi connectivity index (χ1) is 10.7. The zero-order valence-electron chi connectivity index (χ0n) is 12.7. The molecule has 2 aromatic rings. The first-order valence-electron chi connectivity index (χ1n) is 8.03. The van der Waals surface area contributed by atoms with Crippen LogP contribution in [0, 0.1) is 12.8 Å². The van der Waals surface area contributed by atoms with E-state index in [0.29, 0.717) is 5.88 Å². The number of aromatic nitrogens is 3. The van der Waals surface area contributed by atoms with Crippen LogP contribution in [0.3, 0.4) is 0 Å². The zero-order valence-corrected chi connectivity index (χ0v) is 12.7. The lowest BCUT2D eigenvalue weighted by molar-refractivity contribution is -0.120. The molecule has 0 saturated carbocycles. The Morgan fingerprint density at radius 2 is 2.14 bits per heavy atom. The van der Waals surface area contributed by atoms with E-state index in [4.69, 9.17) is 4.52 Å². The van der Waals surface area contributed by atoms with Gasteiger partial charge in [-0.3, -0.25) is 10.1 Å². The van der Waals surface area contributed by atoms with Crippen molar-refractivity contribution in [2.24, 2.45) is 5.92 Å². The van der Waals surface area contributed by atoms with Crippen molar-refractivity contribution in [2.45, 2.75) is 51.9 Å². The molecule has 0 fully saturated rings. The Labute approximate surface area is 128 Å². The van der Waals surface area contributed by atoms with E-state index in [0.717, 1.165) is 73.4 Å². The summed E-state index contributed by atoms with van der Waals surface area (Å²) in [5.41, 5.74) is 4.31. The minimum absolute atomic E-state index is 0.0300. The fraction of sp³-hybridized carbons (Fsp3) is 0.562. The van der Waals surface area contributed by atoms with E-state index in [-0.39, 0.29) is 11.8 Å². The molecule has 0 aliphatic heterocycles. The number of H-pyrrole nitrogens is 1. The van der Waals surface area contributed by atoms with E-state index in [2.05, 4.69) is 20.4 Å². The third-order valence-electron chi connectivity index (χ3n) is 4.73. The average Bonchev–Trinajstić information content (AvgIpc) is 3.09. The van der Waals surface area contributed by atoms with E-state index in [1.807, 2.05) is 6.92 Å². The highest BCUT2D eigenvalue weighted by molar-refractivity contribution is 5.92. The van der Waals surface area contributed by atoms with Crippen molar-refractivity contribution in [3.8, 4) is 0 Å². The summed E-state index contributed by atoms with van der Waals surface area (Å²) < 4.78 is 5.35. The van der Waals surface area contributed by atoms with Gasteiger partial charge in [0, 0.05) is 23.6 Å². The van der Waals surface area contributed by atoms with Crippen LogP contribution >= 0.6 is 0 Å². The number of imidazole rings is 1. The molecule has 0 aromatic carbocycles. The summed E-state index contributed by atoms with van der Waals surface area (Å²) >= 11 is 0. The summed E-state index contributed by atoms with van der Waals surface area (Å²) in [7, 11) is 0. The summed E-state index contributed by atoms with van der Waals surface area (Å²) in [6, 6.07) is 0. The first-order valence-corrected chi connectivity index (χ1v) is 8.03. The SMILES string of the molecule is Cc1nc2c([nH]1)C[C@H](C(=O)Nc1onc3c1CCCC3)CC2. The minimum Gasteiger partial charge on any atom is -0.346 e. The molecule has 0 saturated heterocycles. The lowest BCUT2D eigenvalue weighted by Crippen LogP contribution is -2.28. The predicted molar refractivity (Wildman–Crippen MR) is 80.6 cm³/mol. The highest BCUT2D eigenvalue weighted by atomic mass is 16.5. The molecule has 2 N–H and O–H groups in total. The quantitative estimate of drug-likeness (QED) is 0.891. The molecule has 0 spiro atoms. The molecule has 6 heteroatoms. The van der Waals surface area contributed by atoms with Crippen LogP contribution in [0.1, 0.15) is 47.7 Å². The molecule has 22 heavy (non-hydrogen) atoms. The Balaban J connectivity index is 1.48. The van der Waals surface area contributed by atoms with Gasteiger partial charge in [-0.1, -0.05) is 5.16 Å². The van der Waals surface area contributed by atoms with Gasteiger partial charge in [-0.2, -0.15) is 0 Å². The van der Waals surface area contributed by atoms with Crippen LogP contribution in [0.15, 0.2) is 4.52 Å². The predicted octanol–water partition coefficient (Wildman–Crippen LogP) is 2.33. The molecule has 0 bridgehead atoms. The lowest BCUT2D eigenvalue weighted by Gasteiger charge is -2.20. The van der Waals surface area contributed by atoms with Crippen LogP contribution in [0.25, 0.3) is 0 Å². The van der Waals surface area contributed by atoms with Gasteiger partial charge in [-0.05, 0) is 45.4 Å². The second kappa shape index (κ2) is 5.26. The fourth-order valence-electron chi connectivity index (χ4n) is 3.55. The third-order valence-corrected chi connectivity index (χ3v) is 4.73. The highest BCUT2D eigenvalue weighted by Crippen LogP contribution is 2.29. The second-order valence-electron chi connectivity index (χ2n) is 6.32. The van der Waals surface area contributed by atoms with E-state index in [9.17, 15) is 4.79 Å².